The Hall–Kier alpha value is -0.830. The molecule has 4 saturated carbocycles. The molecule has 0 spiro atoms. The SMILES string of the molecule is CCn1nccc1C(O)C12CC3CC(C)(CC(C)(C3)C1)C2. The normalized spacial score (nSPS) is 46.0. The number of aromatic nitrogens is 2. The predicted octanol–water partition coefficient (Wildman–Crippen LogP) is 3.93. The second-order valence-electron chi connectivity index (χ2n) is 8.97. The van der Waals surface area contributed by atoms with Gasteiger partial charge in [0.05, 0.1) is 5.69 Å². The minimum absolute atomic E-state index is 0.0931. The number of aliphatic hydroxyl groups is 1. The molecule has 3 atom stereocenters. The first-order valence-electron chi connectivity index (χ1n) is 8.57. The van der Waals surface area contributed by atoms with E-state index in [0.29, 0.717) is 10.8 Å². The average Bonchev–Trinajstić information content (AvgIpc) is 2.81. The molecular formula is C18H28N2O. The van der Waals surface area contributed by atoms with Gasteiger partial charge in [-0.3, -0.25) is 4.68 Å². The van der Waals surface area contributed by atoms with E-state index < -0.39 is 0 Å². The molecule has 1 N–H and O–H groups in total. The molecule has 0 aliphatic heterocycles. The van der Waals surface area contributed by atoms with Gasteiger partial charge in [-0.25, -0.2) is 0 Å². The van der Waals surface area contributed by atoms with Gasteiger partial charge in [0, 0.05) is 18.2 Å². The van der Waals surface area contributed by atoms with Gasteiger partial charge in [0.1, 0.15) is 6.10 Å². The highest BCUT2D eigenvalue weighted by atomic mass is 16.3. The predicted molar refractivity (Wildman–Crippen MR) is 82.7 cm³/mol. The molecule has 0 radical (unpaired) electrons. The van der Waals surface area contributed by atoms with Crippen LogP contribution in [-0.2, 0) is 6.54 Å². The van der Waals surface area contributed by atoms with Crippen LogP contribution in [0.15, 0.2) is 12.3 Å². The maximum atomic E-state index is 11.3. The van der Waals surface area contributed by atoms with Crippen molar-refractivity contribution in [3.8, 4) is 0 Å². The van der Waals surface area contributed by atoms with Crippen molar-refractivity contribution in [2.75, 3.05) is 0 Å². The lowest BCUT2D eigenvalue weighted by Gasteiger charge is -2.66. The topological polar surface area (TPSA) is 38.0 Å². The molecule has 0 saturated heterocycles. The van der Waals surface area contributed by atoms with Crippen LogP contribution in [0.5, 0.6) is 0 Å². The lowest BCUT2D eigenvalue weighted by molar-refractivity contribution is -0.188. The summed E-state index contributed by atoms with van der Waals surface area (Å²) in [5.41, 5.74) is 2.03. The summed E-state index contributed by atoms with van der Waals surface area (Å²) in [5, 5.41) is 15.6. The molecule has 0 aromatic carbocycles. The Morgan fingerprint density at radius 1 is 1.24 bits per heavy atom. The van der Waals surface area contributed by atoms with E-state index in [-0.39, 0.29) is 11.5 Å². The van der Waals surface area contributed by atoms with Crippen molar-refractivity contribution in [1.29, 1.82) is 0 Å². The van der Waals surface area contributed by atoms with Crippen LogP contribution in [0.25, 0.3) is 0 Å². The molecule has 4 aliphatic carbocycles. The van der Waals surface area contributed by atoms with Gasteiger partial charge in [0.25, 0.3) is 0 Å². The van der Waals surface area contributed by atoms with E-state index >= 15 is 0 Å². The van der Waals surface area contributed by atoms with Crippen molar-refractivity contribution in [3.63, 3.8) is 0 Å². The molecule has 4 bridgehead atoms. The second kappa shape index (κ2) is 4.13. The van der Waals surface area contributed by atoms with E-state index in [1.807, 2.05) is 16.9 Å². The summed E-state index contributed by atoms with van der Waals surface area (Å²) in [5.74, 6) is 0.823. The highest BCUT2D eigenvalue weighted by molar-refractivity contribution is 5.18. The van der Waals surface area contributed by atoms with Crippen molar-refractivity contribution in [2.24, 2.45) is 22.2 Å². The van der Waals surface area contributed by atoms with Gasteiger partial charge in [0.15, 0.2) is 0 Å². The molecule has 0 amide bonds. The van der Waals surface area contributed by atoms with Crippen LogP contribution in [0.1, 0.15) is 71.1 Å². The van der Waals surface area contributed by atoms with E-state index in [1.54, 1.807) is 0 Å². The standard InChI is InChI=1S/C18H28N2O/c1-4-20-14(5-6-19-20)15(21)18-9-13-7-16(2,11-18)10-17(3,8-13)12-18/h5-6,13,15,21H,4,7-12H2,1-3H3. The van der Waals surface area contributed by atoms with Crippen molar-refractivity contribution in [2.45, 2.75) is 71.9 Å². The molecule has 3 heteroatoms. The molecule has 1 aromatic heterocycles. The molecule has 4 fully saturated rings. The van der Waals surface area contributed by atoms with Crippen molar-refractivity contribution in [1.82, 2.24) is 9.78 Å². The first kappa shape index (κ1) is 13.8. The summed E-state index contributed by atoms with van der Waals surface area (Å²) in [7, 11) is 0. The lowest BCUT2D eigenvalue weighted by Crippen LogP contribution is -2.57. The summed E-state index contributed by atoms with van der Waals surface area (Å²) in [6.07, 6.45) is 9.22. The summed E-state index contributed by atoms with van der Waals surface area (Å²) in [6.45, 7) is 7.88. The molecule has 21 heavy (non-hydrogen) atoms. The van der Waals surface area contributed by atoms with Gasteiger partial charge >= 0.3 is 0 Å². The Labute approximate surface area is 127 Å². The average molecular weight is 288 g/mol. The fourth-order valence-corrected chi connectivity index (χ4v) is 6.99. The zero-order chi connectivity index (χ0) is 14.9. The van der Waals surface area contributed by atoms with Crippen LogP contribution >= 0.6 is 0 Å². The van der Waals surface area contributed by atoms with Gasteiger partial charge in [-0.1, -0.05) is 13.8 Å². The van der Waals surface area contributed by atoms with Gasteiger partial charge < -0.3 is 5.11 Å². The molecular weight excluding hydrogens is 260 g/mol. The van der Waals surface area contributed by atoms with Crippen LogP contribution in [0.4, 0.5) is 0 Å². The van der Waals surface area contributed by atoms with Crippen LogP contribution in [0.3, 0.4) is 0 Å². The summed E-state index contributed by atoms with van der Waals surface area (Å²) >= 11 is 0. The minimum Gasteiger partial charge on any atom is -0.386 e. The fourth-order valence-electron chi connectivity index (χ4n) is 6.99. The second-order valence-corrected chi connectivity index (χ2v) is 8.97. The molecule has 1 heterocycles. The Morgan fingerprint density at radius 2 is 1.90 bits per heavy atom. The third-order valence-electron chi connectivity index (χ3n) is 6.58. The van der Waals surface area contributed by atoms with E-state index in [0.717, 1.165) is 18.2 Å². The van der Waals surface area contributed by atoms with Crippen LogP contribution in [-0.4, -0.2) is 14.9 Å². The number of hydrogen-bond donors (Lipinski definition) is 1. The molecule has 4 aliphatic rings. The molecule has 5 rings (SSSR count). The Morgan fingerprint density at radius 3 is 2.48 bits per heavy atom. The van der Waals surface area contributed by atoms with Gasteiger partial charge in [-0.15, -0.1) is 0 Å². The van der Waals surface area contributed by atoms with Crippen molar-refractivity contribution < 1.29 is 5.11 Å². The van der Waals surface area contributed by atoms with Gasteiger partial charge in [0.2, 0.25) is 0 Å². The van der Waals surface area contributed by atoms with E-state index in [1.165, 1.54) is 38.5 Å². The first-order valence-corrected chi connectivity index (χ1v) is 8.57. The first-order chi connectivity index (χ1) is 9.87. The largest absolute Gasteiger partial charge is 0.386 e. The number of aliphatic hydroxyl groups excluding tert-OH is 1. The Bertz CT molecular complexity index is 545. The zero-order valence-electron chi connectivity index (χ0n) is 13.6. The van der Waals surface area contributed by atoms with E-state index in [2.05, 4.69) is 25.9 Å². The van der Waals surface area contributed by atoms with Crippen LogP contribution in [0.2, 0.25) is 0 Å². The number of rotatable bonds is 3. The Kier molecular flexibility index (Phi) is 2.71. The maximum absolute atomic E-state index is 11.3. The highest BCUT2D eigenvalue weighted by Gasteiger charge is 2.62. The van der Waals surface area contributed by atoms with Gasteiger partial charge in [-0.2, -0.15) is 5.10 Å². The Balaban J connectivity index is 1.74. The number of aryl methyl sites for hydroxylation is 1. The lowest BCUT2D eigenvalue weighted by atomic mass is 9.39. The molecule has 3 nitrogen and oxygen atoms in total. The zero-order valence-corrected chi connectivity index (χ0v) is 13.6. The minimum atomic E-state index is -0.345. The number of nitrogens with zero attached hydrogens (tertiary/aromatic N) is 2. The van der Waals surface area contributed by atoms with E-state index in [9.17, 15) is 5.11 Å². The van der Waals surface area contributed by atoms with Crippen LogP contribution < -0.4 is 0 Å². The third-order valence-corrected chi connectivity index (χ3v) is 6.58. The monoisotopic (exact) mass is 288 g/mol. The number of hydrogen-bond acceptors (Lipinski definition) is 2. The maximum Gasteiger partial charge on any atom is 0.101 e. The smallest absolute Gasteiger partial charge is 0.101 e. The molecule has 3 unspecified atom stereocenters. The van der Waals surface area contributed by atoms with Crippen molar-refractivity contribution in [3.05, 3.63) is 18.0 Å². The summed E-state index contributed by atoms with van der Waals surface area (Å²) in [6, 6.07) is 2.03. The van der Waals surface area contributed by atoms with E-state index in [4.69, 9.17) is 0 Å². The van der Waals surface area contributed by atoms with Crippen molar-refractivity contribution >= 4 is 0 Å². The molecule has 116 valence electrons. The summed E-state index contributed by atoms with van der Waals surface area (Å²) < 4.78 is 1.98. The van der Waals surface area contributed by atoms with Crippen LogP contribution in [0, 0.1) is 22.2 Å². The fraction of sp³-hybridized carbons (Fsp3) is 0.833. The molecule has 1 aromatic rings. The quantitative estimate of drug-likeness (QED) is 0.915. The van der Waals surface area contributed by atoms with Gasteiger partial charge in [-0.05, 0) is 68.3 Å². The summed E-state index contributed by atoms with van der Waals surface area (Å²) in [4.78, 5) is 0. The highest BCUT2D eigenvalue weighted by Crippen LogP contribution is 2.72. The third kappa shape index (κ3) is 1.93.